The van der Waals surface area contributed by atoms with Crippen LogP contribution in [0.5, 0.6) is 0 Å². The van der Waals surface area contributed by atoms with E-state index >= 15 is 0 Å². The van der Waals surface area contributed by atoms with E-state index in [-0.39, 0.29) is 0 Å². The molecule has 0 aliphatic rings. The summed E-state index contributed by atoms with van der Waals surface area (Å²) in [5.74, 6) is 1.10. The van der Waals surface area contributed by atoms with E-state index in [9.17, 15) is 0 Å². The van der Waals surface area contributed by atoms with Gasteiger partial charge in [-0.25, -0.2) is 0 Å². The Balaban J connectivity index is 2.62. The number of hydrogen-bond donors (Lipinski definition) is 1. The van der Waals surface area contributed by atoms with Gasteiger partial charge in [0.15, 0.2) is 0 Å². The third-order valence-corrected chi connectivity index (χ3v) is 3.72. The van der Waals surface area contributed by atoms with Crippen LogP contribution >= 0.6 is 23.4 Å². The van der Waals surface area contributed by atoms with Crippen LogP contribution in [0, 0.1) is 0 Å². The minimum absolute atomic E-state index is 0.815. The zero-order valence-electron chi connectivity index (χ0n) is 10.8. The van der Waals surface area contributed by atoms with Gasteiger partial charge in [0.1, 0.15) is 0 Å². The van der Waals surface area contributed by atoms with Crippen LogP contribution in [0.25, 0.3) is 0 Å². The number of rotatable bonds is 7. The van der Waals surface area contributed by atoms with Crippen molar-refractivity contribution in [2.45, 2.75) is 18.4 Å². The van der Waals surface area contributed by atoms with E-state index in [2.05, 4.69) is 43.4 Å². The molecule has 1 aromatic carbocycles. The van der Waals surface area contributed by atoms with Gasteiger partial charge in [0.05, 0.1) is 0 Å². The third-order valence-electron chi connectivity index (χ3n) is 2.38. The molecule has 0 saturated heterocycles. The number of nitrogens with one attached hydrogen (secondary N) is 1. The fraction of sp³-hybridized carbons (Fsp3) is 0.538. The summed E-state index contributed by atoms with van der Waals surface area (Å²) in [6, 6.07) is 6.15. The summed E-state index contributed by atoms with van der Waals surface area (Å²) in [6.07, 6.45) is 0. The molecular formula is C13H21ClN2S. The zero-order chi connectivity index (χ0) is 12.7. The lowest BCUT2D eigenvalue weighted by atomic mass is 10.2. The fourth-order valence-electron chi connectivity index (χ4n) is 1.42. The second-order valence-corrected chi connectivity index (χ2v) is 5.76. The summed E-state index contributed by atoms with van der Waals surface area (Å²) in [5, 5.41) is 4.16. The Hall–Kier alpha value is -0.220. The highest BCUT2D eigenvalue weighted by atomic mass is 35.5. The topological polar surface area (TPSA) is 15.3 Å². The van der Waals surface area contributed by atoms with Crippen LogP contribution in [0.2, 0.25) is 5.02 Å². The van der Waals surface area contributed by atoms with E-state index in [4.69, 9.17) is 11.6 Å². The first-order valence-corrected chi connectivity index (χ1v) is 7.26. The van der Waals surface area contributed by atoms with E-state index in [1.54, 1.807) is 0 Å². The van der Waals surface area contributed by atoms with Crippen LogP contribution in [-0.4, -0.2) is 37.8 Å². The van der Waals surface area contributed by atoms with Crippen molar-refractivity contribution in [1.29, 1.82) is 0 Å². The number of halogens is 1. The summed E-state index contributed by atoms with van der Waals surface area (Å²) in [4.78, 5) is 3.53. The summed E-state index contributed by atoms with van der Waals surface area (Å²) >= 11 is 7.93. The van der Waals surface area contributed by atoms with Gasteiger partial charge in [-0.3, -0.25) is 0 Å². The molecule has 0 aromatic heterocycles. The summed E-state index contributed by atoms with van der Waals surface area (Å²) < 4.78 is 0. The quantitative estimate of drug-likeness (QED) is 0.768. The molecule has 0 fully saturated rings. The van der Waals surface area contributed by atoms with Crippen molar-refractivity contribution in [2.24, 2.45) is 0 Å². The van der Waals surface area contributed by atoms with Gasteiger partial charge >= 0.3 is 0 Å². The maximum atomic E-state index is 6.03. The highest BCUT2D eigenvalue weighted by molar-refractivity contribution is 7.99. The smallest absolute Gasteiger partial charge is 0.0410 e. The standard InChI is InChI=1S/C13H21ClN2S/c1-4-15-10-11-9-12(14)5-6-13(11)17-8-7-16(2)3/h5-6,9,15H,4,7-8,10H2,1-3H3. The van der Waals surface area contributed by atoms with E-state index in [0.29, 0.717) is 0 Å². The molecule has 17 heavy (non-hydrogen) atoms. The minimum atomic E-state index is 0.815. The first-order chi connectivity index (χ1) is 8.13. The Morgan fingerprint density at radius 3 is 2.76 bits per heavy atom. The van der Waals surface area contributed by atoms with Crippen LogP contribution in [0.15, 0.2) is 23.1 Å². The molecule has 0 spiro atoms. The Morgan fingerprint density at radius 1 is 1.35 bits per heavy atom. The first kappa shape index (κ1) is 14.8. The van der Waals surface area contributed by atoms with Crippen LogP contribution in [0.1, 0.15) is 12.5 Å². The Kier molecular flexibility index (Phi) is 6.97. The monoisotopic (exact) mass is 272 g/mol. The van der Waals surface area contributed by atoms with Crippen molar-refractivity contribution in [2.75, 3.05) is 32.9 Å². The molecule has 0 bridgehead atoms. The molecular weight excluding hydrogens is 252 g/mol. The van der Waals surface area contributed by atoms with Crippen molar-refractivity contribution < 1.29 is 0 Å². The lowest BCUT2D eigenvalue weighted by molar-refractivity contribution is 0.437. The minimum Gasteiger partial charge on any atom is -0.313 e. The predicted octanol–water partition coefficient (Wildman–Crippen LogP) is 3.10. The summed E-state index contributed by atoms with van der Waals surface area (Å²) in [5.41, 5.74) is 1.29. The molecule has 0 unspecified atom stereocenters. The molecule has 0 saturated carbocycles. The normalized spacial score (nSPS) is 11.1. The maximum Gasteiger partial charge on any atom is 0.0410 e. The molecule has 96 valence electrons. The molecule has 1 N–H and O–H groups in total. The third kappa shape index (κ3) is 5.77. The van der Waals surface area contributed by atoms with Crippen molar-refractivity contribution in [3.63, 3.8) is 0 Å². The van der Waals surface area contributed by atoms with Gasteiger partial charge in [0, 0.05) is 28.8 Å². The van der Waals surface area contributed by atoms with Crippen molar-refractivity contribution >= 4 is 23.4 Å². The van der Waals surface area contributed by atoms with Crippen molar-refractivity contribution in [1.82, 2.24) is 10.2 Å². The lowest BCUT2D eigenvalue weighted by Crippen LogP contribution is -2.15. The van der Waals surface area contributed by atoms with E-state index in [1.807, 2.05) is 17.8 Å². The molecule has 0 radical (unpaired) electrons. The highest BCUT2D eigenvalue weighted by Gasteiger charge is 2.04. The summed E-state index contributed by atoms with van der Waals surface area (Å²) in [7, 11) is 4.20. The first-order valence-electron chi connectivity index (χ1n) is 5.90. The molecule has 0 amide bonds. The van der Waals surface area contributed by atoms with Crippen LogP contribution in [0.4, 0.5) is 0 Å². The molecule has 0 aliphatic carbocycles. The van der Waals surface area contributed by atoms with Crippen LogP contribution in [-0.2, 0) is 6.54 Å². The number of hydrogen-bond acceptors (Lipinski definition) is 3. The number of benzene rings is 1. The van der Waals surface area contributed by atoms with Gasteiger partial charge in [-0.2, -0.15) is 0 Å². The largest absolute Gasteiger partial charge is 0.313 e. The number of nitrogens with zero attached hydrogens (tertiary/aromatic N) is 1. The van der Waals surface area contributed by atoms with Gasteiger partial charge in [0.2, 0.25) is 0 Å². The van der Waals surface area contributed by atoms with E-state index in [0.717, 1.165) is 30.4 Å². The van der Waals surface area contributed by atoms with Crippen molar-refractivity contribution in [3.8, 4) is 0 Å². The van der Waals surface area contributed by atoms with Crippen LogP contribution in [0.3, 0.4) is 0 Å². The second kappa shape index (κ2) is 7.98. The van der Waals surface area contributed by atoms with E-state index < -0.39 is 0 Å². The van der Waals surface area contributed by atoms with Gasteiger partial charge in [-0.05, 0) is 44.4 Å². The molecule has 1 rings (SSSR count). The lowest BCUT2D eigenvalue weighted by Gasteiger charge is -2.12. The van der Waals surface area contributed by atoms with Gasteiger partial charge < -0.3 is 10.2 Å². The number of thioether (sulfide) groups is 1. The van der Waals surface area contributed by atoms with Gasteiger partial charge in [-0.1, -0.05) is 18.5 Å². The Morgan fingerprint density at radius 2 is 2.12 bits per heavy atom. The molecule has 0 atom stereocenters. The average Bonchev–Trinajstić information content (AvgIpc) is 2.28. The Labute approximate surface area is 114 Å². The fourth-order valence-corrected chi connectivity index (χ4v) is 2.78. The van der Waals surface area contributed by atoms with Gasteiger partial charge in [-0.15, -0.1) is 11.8 Å². The molecule has 0 heterocycles. The highest BCUT2D eigenvalue weighted by Crippen LogP contribution is 2.25. The SMILES string of the molecule is CCNCc1cc(Cl)ccc1SCCN(C)C. The second-order valence-electron chi connectivity index (χ2n) is 4.18. The molecule has 4 heteroatoms. The molecule has 0 aliphatic heterocycles. The maximum absolute atomic E-state index is 6.03. The molecule has 2 nitrogen and oxygen atoms in total. The predicted molar refractivity (Wildman–Crippen MR) is 78.1 cm³/mol. The molecule has 1 aromatic rings. The Bertz CT molecular complexity index is 342. The summed E-state index contributed by atoms with van der Waals surface area (Å²) in [6.45, 7) is 5.08. The zero-order valence-corrected chi connectivity index (χ0v) is 12.4. The van der Waals surface area contributed by atoms with E-state index in [1.165, 1.54) is 10.5 Å². The van der Waals surface area contributed by atoms with Crippen LogP contribution < -0.4 is 5.32 Å². The average molecular weight is 273 g/mol. The van der Waals surface area contributed by atoms with Crippen molar-refractivity contribution in [3.05, 3.63) is 28.8 Å². The van der Waals surface area contributed by atoms with Gasteiger partial charge in [0.25, 0.3) is 0 Å².